The number of hydrogen-bond acceptors (Lipinski definition) is 8. The largest absolute Gasteiger partial charge is 0.453 e. The quantitative estimate of drug-likeness (QED) is 0.269. The topological polar surface area (TPSA) is 144 Å². The number of methoxy groups -OCH3 is 1. The number of nitrogens with zero attached hydrogens (tertiary/aromatic N) is 6. The molecule has 0 saturated heterocycles. The van der Waals surface area contributed by atoms with Crippen molar-refractivity contribution in [2.24, 2.45) is 14.1 Å². The van der Waals surface area contributed by atoms with E-state index in [9.17, 15) is 18.0 Å². The SMILES string of the molecule is COC(=O)N[C@H]1C[C@H]2C[C@H]1OCCC(F)c1ccc(cc1)-c1c(-c3cn(C)nc3F)n(S(=O)(=O)c3ccccc3)c3ncc4c(c13)n2c(=O)n4C. The first-order chi connectivity index (χ1) is 24.5. The minimum Gasteiger partial charge on any atom is -0.453 e. The fourth-order valence-corrected chi connectivity index (χ4v) is 9.04. The second-order valence-corrected chi connectivity index (χ2v) is 14.7. The number of aromatic nitrogens is 6. The number of carbonyl (C=O) groups is 1. The first-order valence-corrected chi connectivity index (χ1v) is 17.8. The number of rotatable bonds is 4. The van der Waals surface area contributed by atoms with Gasteiger partial charge in [-0.3, -0.25) is 13.8 Å². The zero-order valence-corrected chi connectivity index (χ0v) is 28.6. The molecule has 1 unspecified atom stereocenters. The summed E-state index contributed by atoms with van der Waals surface area (Å²) in [4.78, 5) is 31.2. The Hall–Kier alpha value is -5.35. The molecule has 16 heteroatoms. The number of alkyl carbamates (subject to hydrolysis) is 1. The maximum absolute atomic E-state index is 15.9. The van der Waals surface area contributed by atoms with Crippen molar-refractivity contribution in [3.63, 3.8) is 0 Å². The summed E-state index contributed by atoms with van der Waals surface area (Å²) in [5.74, 6) is -0.924. The van der Waals surface area contributed by atoms with Gasteiger partial charge in [0.1, 0.15) is 6.17 Å². The van der Waals surface area contributed by atoms with Gasteiger partial charge in [-0.1, -0.05) is 42.5 Å². The molecule has 4 aromatic heterocycles. The van der Waals surface area contributed by atoms with Crippen LogP contribution in [0.5, 0.6) is 0 Å². The zero-order chi connectivity index (χ0) is 35.8. The number of alkyl halides is 1. The van der Waals surface area contributed by atoms with Gasteiger partial charge in [-0.05, 0) is 36.1 Å². The van der Waals surface area contributed by atoms with E-state index in [1.165, 1.54) is 47.9 Å². The number of amides is 1. The average Bonchev–Trinajstić information content (AvgIpc) is 3.85. The highest BCUT2D eigenvalue weighted by Gasteiger charge is 2.41. The average molecular weight is 718 g/mol. The number of carbonyl (C=O) groups excluding carboxylic acids is 1. The molecule has 1 amide bonds. The summed E-state index contributed by atoms with van der Waals surface area (Å²) < 4.78 is 77.3. The molecule has 0 spiro atoms. The molecule has 2 aromatic carbocycles. The van der Waals surface area contributed by atoms with Crippen LogP contribution in [0.1, 0.15) is 37.0 Å². The Labute approximate surface area is 290 Å². The predicted molar refractivity (Wildman–Crippen MR) is 183 cm³/mol. The van der Waals surface area contributed by atoms with Gasteiger partial charge in [0, 0.05) is 38.3 Å². The van der Waals surface area contributed by atoms with Crippen molar-refractivity contribution in [1.82, 2.24) is 33.2 Å². The third-order valence-electron chi connectivity index (χ3n) is 9.91. The molecular weight excluding hydrogens is 684 g/mol. The van der Waals surface area contributed by atoms with Crippen molar-refractivity contribution < 1.29 is 31.5 Å². The molecule has 1 saturated carbocycles. The van der Waals surface area contributed by atoms with Gasteiger partial charge in [0.2, 0.25) is 5.95 Å². The van der Waals surface area contributed by atoms with E-state index < -0.39 is 52.1 Å². The van der Waals surface area contributed by atoms with E-state index in [1.807, 2.05) is 0 Å². The number of nitrogens with one attached hydrogen (secondary N) is 1. The van der Waals surface area contributed by atoms with Crippen molar-refractivity contribution in [2.75, 3.05) is 13.7 Å². The zero-order valence-electron chi connectivity index (χ0n) is 27.8. The van der Waals surface area contributed by atoms with Crippen LogP contribution < -0.4 is 11.0 Å². The van der Waals surface area contributed by atoms with Gasteiger partial charge in [-0.2, -0.15) is 4.39 Å². The highest BCUT2D eigenvalue weighted by atomic mass is 32.2. The lowest BCUT2D eigenvalue weighted by atomic mass is 9.97. The summed E-state index contributed by atoms with van der Waals surface area (Å²) in [6, 6.07) is 13.1. The molecule has 264 valence electrons. The first-order valence-electron chi connectivity index (χ1n) is 16.3. The number of pyridine rings is 1. The molecule has 1 N–H and O–H groups in total. The van der Waals surface area contributed by atoms with E-state index in [0.29, 0.717) is 22.2 Å². The summed E-state index contributed by atoms with van der Waals surface area (Å²) >= 11 is 0. The van der Waals surface area contributed by atoms with Gasteiger partial charge in [0.05, 0.1) is 64.6 Å². The van der Waals surface area contributed by atoms with Gasteiger partial charge in [-0.25, -0.2) is 31.4 Å². The van der Waals surface area contributed by atoms with Crippen molar-refractivity contribution >= 4 is 38.2 Å². The molecule has 9 rings (SSSR count). The van der Waals surface area contributed by atoms with Crippen LogP contribution in [0, 0.1) is 5.95 Å². The van der Waals surface area contributed by atoms with Crippen LogP contribution in [-0.2, 0) is 33.6 Å². The van der Waals surface area contributed by atoms with Crippen LogP contribution in [0.4, 0.5) is 13.6 Å². The van der Waals surface area contributed by atoms with Gasteiger partial charge in [0.25, 0.3) is 10.0 Å². The summed E-state index contributed by atoms with van der Waals surface area (Å²) in [5.41, 5.74) is 1.18. The smallest absolute Gasteiger partial charge is 0.407 e. The summed E-state index contributed by atoms with van der Waals surface area (Å²) in [7, 11) is -0.125. The Morgan fingerprint density at radius 2 is 1.82 bits per heavy atom. The highest BCUT2D eigenvalue weighted by Crippen LogP contribution is 2.47. The Balaban J connectivity index is 1.55. The molecule has 2 aliphatic heterocycles. The van der Waals surface area contributed by atoms with Crippen molar-refractivity contribution in [3.05, 3.63) is 89.0 Å². The predicted octanol–water partition coefficient (Wildman–Crippen LogP) is 4.99. The maximum atomic E-state index is 15.9. The number of halogens is 2. The van der Waals surface area contributed by atoms with Crippen LogP contribution in [0.15, 0.2) is 76.7 Å². The van der Waals surface area contributed by atoms with E-state index in [0.717, 1.165) is 3.97 Å². The van der Waals surface area contributed by atoms with Gasteiger partial charge in [0.15, 0.2) is 5.65 Å². The maximum Gasteiger partial charge on any atom is 0.407 e. The Morgan fingerprint density at radius 3 is 2.51 bits per heavy atom. The number of hydrogen-bond donors (Lipinski definition) is 1. The minimum atomic E-state index is -4.48. The fourth-order valence-electron chi connectivity index (χ4n) is 7.54. The standard InChI is InChI=1S/C35H33F2N7O6S/c1-41-18-23(32(37)40-41)30-28-20-11-9-19(10-12-20)24(36)13-14-50-27-16-21(15-25(27)39-34(45)49-3)43-31-26(42(2)35(43)46)17-38-33(29(28)31)44(30)51(47,48)22-7-5-4-6-8-22/h4-12,17-18,21,24-25,27H,13-16H2,1-3H3,(H,39,45)/t21-,24?,25-,27+/m0/s1. The van der Waals surface area contributed by atoms with Crippen LogP contribution in [-0.4, -0.2) is 68.2 Å². The van der Waals surface area contributed by atoms with Crippen molar-refractivity contribution in [2.45, 2.75) is 48.5 Å². The lowest BCUT2D eigenvalue weighted by Gasteiger charge is -2.21. The molecule has 4 bridgehead atoms. The molecule has 13 nitrogen and oxygen atoms in total. The molecule has 0 radical (unpaired) electrons. The summed E-state index contributed by atoms with van der Waals surface area (Å²) in [6.07, 6.45) is 0.657. The first kappa shape index (κ1) is 32.8. The highest BCUT2D eigenvalue weighted by molar-refractivity contribution is 7.90. The fraction of sp³-hybridized carbons (Fsp3) is 0.314. The number of benzene rings is 2. The Morgan fingerprint density at radius 1 is 1.08 bits per heavy atom. The number of ether oxygens (including phenoxy) is 2. The number of aryl methyl sites for hydroxylation is 2. The van der Waals surface area contributed by atoms with E-state index in [4.69, 9.17) is 9.47 Å². The lowest BCUT2D eigenvalue weighted by molar-refractivity contribution is 0.0271. The van der Waals surface area contributed by atoms with Crippen LogP contribution in [0.2, 0.25) is 0 Å². The van der Waals surface area contributed by atoms with Crippen LogP contribution >= 0.6 is 0 Å². The Bertz CT molecular complexity index is 2510. The van der Waals surface area contributed by atoms with Crippen molar-refractivity contribution in [3.8, 4) is 22.4 Å². The molecular formula is C35H33F2N7O6S. The third-order valence-corrected chi connectivity index (χ3v) is 11.6. The number of fused-ring (bicyclic) bond motifs is 5. The van der Waals surface area contributed by atoms with Gasteiger partial charge >= 0.3 is 11.8 Å². The molecule has 51 heavy (non-hydrogen) atoms. The summed E-state index contributed by atoms with van der Waals surface area (Å²) in [6.45, 7) is 0.0469. The molecule has 6 aromatic rings. The van der Waals surface area contributed by atoms with Crippen molar-refractivity contribution in [1.29, 1.82) is 0 Å². The summed E-state index contributed by atoms with van der Waals surface area (Å²) in [5, 5.41) is 6.98. The van der Waals surface area contributed by atoms with Crippen LogP contribution in [0.3, 0.4) is 0 Å². The molecule has 1 aliphatic carbocycles. The Kier molecular flexibility index (Phi) is 7.83. The molecule has 4 atom stereocenters. The van der Waals surface area contributed by atoms with Gasteiger partial charge in [-0.15, -0.1) is 5.10 Å². The van der Waals surface area contributed by atoms with Gasteiger partial charge < -0.3 is 14.8 Å². The second-order valence-electron chi connectivity index (χ2n) is 12.9. The molecule has 3 aliphatic rings. The number of imidazole rings is 1. The van der Waals surface area contributed by atoms with Crippen LogP contribution in [0.25, 0.3) is 44.5 Å². The van der Waals surface area contributed by atoms with E-state index in [2.05, 4.69) is 15.4 Å². The molecule has 1 fully saturated rings. The minimum absolute atomic E-state index is 0.0211. The molecule has 6 heterocycles. The van der Waals surface area contributed by atoms with E-state index in [1.54, 1.807) is 54.1 Å². The normalized spacial score (nSPS) is 20.6. The van der Waals surface area contributed by atoms with E-state index >= 15 is 8.78 Å². The third kappa shape index (κ3) is 5.14. The lowest BCUT2D eigenvalue weighted by Crippen LogP contribution is -2.41. The van der Waals surface area contributed by atoms with E-state index in [-0.39, 0.29) is 58.6 Å². The monoisotopic (exact) mass is 717 g/mol. The second kappa shape index (κ2) is 12.2.